The third-order valence-electron chi connectivity index (χ3n) is 5.10. The number of aromatic nitrogens is 1. The first-order valence-electron chi connectivity index (χ1n) is 9.04. The van der Waals surface area contributed by atoms with Gasteiger partial charge < -0.3 is 9.47 Å². The van der Waals surface area contributed by atoms with Crippen molar-refractivity contribution in [2.24, 2.45) is 7.05 Å². The first-order chi connectivity index (χ1) is 13.1. The smallest absolute Gasteiger partial charge is 0.266 e. The molecule has 0 spiro atoms. The molecule has 1 aromatic rings. The highest BCUT2D eigenvalue weighted by molar-refractivity contribution is 8.26. The number of thiocarbonyl (C=S) groups is 1. The van der Waals surface area contributed by atoms with Crippen LogP contribution in [0.25, 0.3) is 6.08 Å². The summed E-state index contributed by atoms with van der Waals surface area (Å²) in [6.07, 6.45) is 4.07. The highest BCUT2D eigenvalue weighted by atomic mass is 32.2. The Labute approximate surface area is 174 Å². The highest BCUT2D eigenvalue weighted by Gasteiger charge is 2.42. The molecule has 0 radical (unpaired) electrons. The fourth-order valence-corrected chi connectivity index (χ4v) is 6.67. The summed E-state index contributed by atoms with van der Waals surface area (Å²) in [4.78, 5) is 29.4. The zero-order valence-corrected chi connectivity index (χ0v) is 18.4. The quantitative estimate of drug-likeness (QED) is 0.511. The maximum Gasteiger partial charge on any atom is 0.266 e. The van der Waals surface area contributed by atoms with Gasteiger partial charge in [-0.3, -0.25) is 14.5 Å². The Bertz CT molecular complexity index is 951. The molecule has 2 aliphatic rings. The second kappa shape index (κ2) is 8.00. The molecule has 0 saturated carbocycles. The van der Waals surface area contributed by atoms with E-state index in [-0.39, 0.29) is 29.4 Å². The summed E-state index contributed by atoms with van der Waals surface area (Å²) in [6.45, 7) is 3.84. The number of sulfone groups is 1. The van der Waals surface area contributed by atoms with Crippen molar-refractivity contribution in [1.29, 1.82) is 0 Å². The van der Waals surface area contributed by atoms with Crippen LogP contribution in [0.15, 0.2) is 23.2 Å². The Morgan fingerprint density at radius 2 is 2.21 bits per heavy atom. The maximum atomic E-state index is 13.1. The number of likely N-dealkylation sites (N-methyl/N-ethyl adjacent to an activating group) is 1. The van der Waals surface area contributed by atoms with Crippen LogP contribution in [0.5, 0.6) is 0 Å². The normalized spacial score (nSPS) is 24.2. The molecule has 0 aliphatic carbocycles. The summed E-state index contributed by atoms with van der Waals surface area (Å²) in [5.41, 5.74) is 0.867. The van der Waals surface area contributed by atoms with Gasteiger partial charge in [-0.2, -0.15) is 0 Å². The zero-order valence-electron chi connectivity index (χ0n) is 16.0. The molecule has 152 valence electrons. The highest BCUT2D eigenvalue weighted by Crippen LogP contribution is 2.34. The lowest BCUT2D eigenvalue weighted by molar-refractivity contribution is -0.140. The summed E-state index contributed by atoms with van der Waals surface area (Å²) < 4.78 is 25.8. The molecular formula is C18H23N3O4S3. The molecular weight excluding hydrogens is 418 g/mol. The Balaban J connectivity index is 1.79. The molecule has 2 atom stereocenters. The summed E-state index contributed by atoms with van der Waals surface area (Å²) in [6, 6.07) is 2.64. The molecule has 0 aromatic carbocycles. The average Bonchev–Trinajstić information content (AvgIpc) is 3.27. The van der Waals surface area contributed by atoms with Crippen molar-refractivity contribution in [2.75, 3.05) is 18.1 Å². The lowest BCUT2D eigenvalue weighted by Crippen LogP contribution is -2.52. The fraction of sp³-hybridized carbons (Fsp3) is 0.500. The lowest BCUT2D eigenvalue weighted by Gasteiger charge is -2.32. The van der Waals surface area contributed by atoms with Crippen LogP contribution in [0.1, 0.15) is 26.0 Å². The van der Waals surface area contributed by atoms with Crippen LogP contribution in [0.2, 0.25) is 0 Å². The van der Waals surface area contributed by atoms with Gasteiger partial charge in [-0.15, -0.1) is 0 Å². The topological polar surface area (TPSA) is 79.7 Å². The lowest BCUT2D eigenvalue weighted by atomic mass is 10.1. The first-order valence-corrected chi connectivity index (χ1v) is 12.1. The van der Waals surface area contributed by atoms with E-state index in [9.17, 15) is 18.0 Å². The molecule has 7 nitrogen and oxygen atoms in total. The molecule has 3 rings (SSSR count). The second-order valence-corrected chi connectivity index (χ2v) is 10.9. The van der Waals surface area contributed by atoms with Crippen LogP contribution in [-0.4, -0.2) is 69.1 Å². The number of carbonyl (C=O) groups is 2. The number of rotatable bonds is 5. The number of hydrogen-bond acceptors (Lipinski definition) is 6. The van der Waals surface area contributed by atoms with Crippen LogP contribution >= 0.6 is 24.0 Å². The van der Waals surface area contributed by atoms with Crippen molar-refractivity contribution in [3.8, 4) is 0 Å². The van der Waals surface area contributed by atoms with Crippen molar-refractivity contribution in [3.05, 3.63) is 28.9 Å². The standard InChI is InChI=1S/C18H23N3O4S3/c1-4-20(14-7-9-28(24,25)11-14)16(22)12(2)21-17(23)15(27-18(21)26)10-13-6-5-8-19(13)3/h5-6,8,10,12,14H,4,7,9,11H2,1-3H3. The van der Waals surface area contributed by atoms with Crippen LogP contribution in [0.4, 0.5) is 0 Å². The van der Waals surface area contributed by atoms with Gasteiger partial charge >= 0.3 is 0 Å². The van der Waals surface area contributed by atoms with E-state index in [2.05, 4.69) is 0 Å². The van der Waals surface area contributed by atoms with E-state index < -0.39 is 15.9 Å². The molecule has 0 bridgehead atoms. The summed E-state index contributed by atoms with van der Waals surface area (Å²) in [7, 11) is -1.23. The molecule has 0 N–H and O–H groups in total. The Morgan fingerprint density at radius 3 is 2.75 bits per heavy atom. The summed E-state index contributed by atoms with van der Waals surface area (Å²) in [5, 5.41) is 0. The number of aryl methyl sites for hydroxylation is 1. The SMILES string of the molecule is CCN(C(=O)C(C)N1C(=O)C(=Cc2cccn2C)SC1=S)C1CCS(=O)(=O)C1. The maximum absolute atomic E-state index is 13.1. The molecule has 3 heterocycles. The van der Waals surface area contributed by atoms with E-state index in [1.807, 2.05) is 36.9 Å². The molecule has 2 fully saturated rings. The third-order valence-corrected chi connectivity index (χ3v) is 8.18. The van der Waals surface area contributed by atoms with Gasteiger partial charge in [0.1, 0.15) is 10.4 Å². The predicted octanol–water partition coefficient (Wildman–Crippen LogP) is 1.65. The Kier molecular flexibility index (Phi) is 6.02. The number of hydrogen-bond donors (Lipinski definition) is 0. The minimum absolute atomic E-state index is 0.0227. The number of thioether (sulfide) groups is 1. The fourth-order valence-electron chi connectivity index (χ4n) is 3.54. The van der Waals surface area contributed by atoms with Gasteiger partial charge in [-0.1, -0.05) is 24.0 Å². The van der Waals surface area contributed by atoms with E-state index >= 15 is 0 Å². The van der Waals surface area contributed by atoms with Crippen LogP contribution in [0.3, 0.4) is 0 Å². The third kappa shape index (κ3) is 4.04. The molecule has 10 heteroatoms. The van der Waals surface area contributed by atoms with Gasteiger partial charge in [0.15, 0.2) is 9.84 Å². The Hall–Kier alpha value is -1.65. The minimum atomic E-state index is -3.11. The van der Waals surface area contributed by atoms with Gasteiger partial charge in [-0.25, -0.2) is 8.42 Å². The monoisotopic (exact) mass is 441 g/mol. The van der Waals surface area contributed by atoms with E-state index in [1.54, 1.807) is 17.9 Å². The van der Waals surface area contributed by atoms with Gasteiger partial charge in [0.2, 0.25) is 5.91 Å². The molecule has 1 aromatic heterocycles. The van der Waals surface area contributed by atoms with E-state index in [0.29, 0.717) is 22.2 Å². The van der Waals surface area contributed by atoms with Gasteiger partial charge in [0.05, 0.1) is 16.4 Å². The van der Waals surface area contributed by atoms with Crippen LogP contribution in [0, 0.1) is 0 Å². The zero-order chi connectivity index (χ0) is 20.6. The van der Waals surface area contributed by atoms with Crippen molar-refractivity contribution in [1.82, 2.24) is 14.4 Å². The predicted molar refractivity (Wildman–Crippen MR) is 114 cm³/mol. The van der Waals surface area contributed by atoms with Crippen LogP contribution < -0.4 is 0 Å². The molecule has 2 unspecified atom stereocenters. The molecule has 2 saturated heterocycles. The molecule has 28 heavy (non-hydrogen) atoms. The van der Waals surface area contributed by atoms with E-state index in [0.717, 1.165) is 5.69 Å². The second-order valence-electron chi connectivity index (χ2n) is 6.95. The van der Waals surface area contributed by atoms with Gasteiger partial charge in [0, 0.05) is 31.5 Å². The minimum Gasteiger partial charge on any atom is -0.351 e. The van der Waals surface area contributed by atoms with E-state index in [4.69, 9.17) is 12.2 Å². The van der Waals surface area contributed by atoms with E-state index in [1.165, 1.54) is 16.7 Å². The van der Waals surface area contributed by atoms with Crippen molar-refractivity contribution in [3.63, 3.8) is 0 Å². The Morgan fingerprint density at radius 1 is 1.50 bits per heavy atom. The van der Waals surface area contributed by atoms with Crippen molar-refractivity contribution in [2.45, 2.75) is 32.4 Å². The summed E-state index contributed by atoms with van der Waals surface area (Å²) in [5.74, 6) is -0.505. The molecule has 2 amide bonds. The van der Waals surface area contributed by atoms with Crippen LogP contribution in [-0.2, 0) is 26.5 Å². The molecule has 2 aliphatic heterocycles. The summed E-state index contributed by atoms with van der Waals surface area (Å²) >= 11 is 6.54. The number of nitrogens with zero attached hydrogens (tertiary/aromatic N) is 3. The largest absolute Gasteiger partial charge is 0.351 e. The van der Waals surface area contributed by atoms with Gasteiger partial charge in [-0.05, 0) is 38.5 Å². The number of amides is 2. The number of carbonyl (C=O) groups excluding carboxylic acids is 2. The van der Waals surface area contributed by atoms with Crippen molar-refractivity contribution < 1.29 is 18.0 Å². The first kappa shape index (κ1) is 21.1. The average molecular weight is 442 g/mol. The van der Waals surface area contributed by atoms with Crippen molar-refractivity contribution >= 4 is 56.0 Å². The van der Waals surface area contributed by atoms with Gasteiger partial charge in [0.25, 0.3) is 5.91 Å².